The van der Waals surface area contributed by atoms with Gasteiger partial charge >= 0.3 is 5.97 Å². The van der Waals surface area contributed by atoms with Gasteiger partial charge in [0.25, 0.3) is 0 Å². The lowest BCUT2D eigenvalue weighted by atomic mass is 10.0. The van der Waals surface area contributed by atoms with Crippen molar-refractivity contribution in [1.82, 2.24) is 9.78 Å². The van der Waals surface area contributed by atoms with Crippen LogP contribution in [-0.4, -0.2) is 22.4 Å². The number of nitrogens with zero attached hydrogens (tertiary/aromatic N) is 2. The quantitative estimate of drug-likeness (QED) is 0.558. The fourth-order valence-electron chi connectivity index (χ4n) is 3.08. The van der Waals surface area contributed by atoms with E-state index in [1.54, 1.807) is 6.92 Å². The molecule has 27 heavy (non-hydrogen) atoms. The number of esters is 1. The smallest absolute Gasteiger partial charge is 0.359 e. The molecule has 3 aromatic rings. The van der Waals surface area contributed by atoms with E-state index in [0.29, 0.717) is 23.9 Å². The number of rotatable bonds is 5. The zero-order valence-electron chi connectivity index (χ0n) is 16.0. The predicted octanol–water partition coefficient (Wildman–Crippen LogP) is 5.35. The number of benzene rings is 2. The minimum atomic E-state index is -0.399. The van der Waals surface area contributed by atoms with Gasteiger partial charge in [-0.25, -0.2) is 4.79 Å². The summed E-state index contributed by atoms with van der Waals surface area (Å²) in [6, 6.07) is 14.2. The SMILES string of the molecule is CCOC(=O)c1nn(Cc2ccc(C)cc2)c(-c2ccc(Cl)c(C)c2)c1C. The number of carbonyl (C=O) groups excluding carboxylic acids is 1. The number of aromatic nitrogens is 2. The van der Waals surface area contributed by atoms with Crippen molar-refractivity contribution in [3.05, 3.63) is 75.4 Å². The van der Waals surface area contributed by atoms with Crippen molar-refractivity contribution in [3.8, 4) is 11.3 Å². The van der Waals surface area contributed by atoms with E-state index < -0.39 is 5.97 Å². The largest absolute Gasteiger partial charge is 0.461 e. The Morgan fingerprint density at radius 3 is 2.44 bits per heavy atom. The number of halogens is 1. The molecule has 3 rings (SSSR count). The van der Waals surface area contributed by atoms with E-state index in [-0.39, 0.29) is 0 Å². The molecule has 1 aromatic heterocycles. The molecule has 4 nitrogen and oxygen atoms in total. The van der Waals surface area contributed by atoms with E-state index in [4.69, 9.17) is 16.3 Å². The summed E-state index contributed by atoms with van der Waals surface area (Å²) in [4.78, 5) is 12.4. The standard InChI is InChI=1S/C22H23ClN2O2/c1-5-27-22(26)20-16(4)21(18-10-11-19(23)15(3)12-18)25(24-20)13-17-8-6-14(2)7-9-17/h6-12H,5,13H2,1-4H3. The number of ether oxygens (including phenoxy) is 1. The van der Waals surface area contributed by atoms with E-state index in [1.807, 2.05) is 36.7 Å². The summed E-state index contributed by atoms with van der Waals surface area (Å²) in [7, 11) is 0. The van der Waals surface area contributed by atoms with Gasteiger partial charge in [0.2, 0.25) is 0 Å². The lowest BCUT2D eigenvalue weighted by Gasteiger charge is -2.10. The van der Waals surface area contributed by atoms with Crippen LogP contribution >= 0.6 is 11.6 Å². The number of hydrogen-bond donors (Lipinski definition) is 0. The van der Waals surface area contributed by atoms with Gasteiger partial charge < -0.3 is 4.74 Å². The average Bonchev–Trinajstić information content (AvgIpc) is 2.96. The van der Waals surface area contributed by atoms with Crippen molar-refractivity contribution in [2.45, 2.75) is 34.2 Å². The highest BCUT2D eigenvalue weighted by atomic mass is 35.5. The highest BCUT2D eigenvalue weighted by molar-refractivity contribution is 6.31. The van der Waals surface area contributed by atoms with E-state index in [1.165, 1.54) is 5.56 Å². The van der Waals surface area contributed by atoms with Crippen LogP contribution < -0.4 is 0 Å². The second-order valence-corrected chi connectivity index (χ2v) is 7.06. The molecule has 0 aliphatic rings. The third-order valence-corrected chi connectivity index (χ3v) is 4.97. The highest BCUT2D eigenvalue weighted by Crippen LogP contribution is 2.30. The Labute approximate surface area is 164 Å². The Morgan fingerprint density at radius 2 is 1.81 bits per heavy atom. The van der Waals surface area contributed by atoms with Crippen LogP contribution in [-0.2, 0) is 11.3 Å². The first-order valence-electron chi connectivity index (χ1n) is 8.97. The Balaban J connectivity index is 2.11. The molecule has 0 amide bonds. The predicted molar refractivity (Wildman–Crippen MR) is 108 cm³/mol. The van der Waals surface area contributed by atoms with E-state index in [0.717, 1.165) is 27.9 Å². The topological polar surface area (TPSA) is 44.1 Å². The molecule has 0 spiro atoms. The Bertz CT molecular complexity index is 975. The van der Waals surface area contributed by atoms with Crippen LogP contribution in [0.15, 0.2) is 42.5 Å². The lowest BCUT2D eigenvalue weighted by Crippen LogP contribution is -2.09. The second-order valence-electron chi connectivity index (χ2n) is 6.65. The molecular weight excluding hydrogens is 360 g/mol. The molecule has 0 atom stereocenters. The van der Waals surface area contributed by atoms with Gasteiger partial charge in [-0.2, -0.15) is 5.10 Å². The van der Waals surface area contributed by atoms with Gasteiger partial charge in [-0.3, -0.25) is 4.68 Å². The number of aryl methyl sites for hydroxylation is 2. The van der Waals surface area contributed by atoms with Crippen LogP contribution in [0.5, 0.6) is 0 Å². The number of hydrogen-bond acceptors (Lipinski definition) is 3. The molecular formula is C22H23ClN2O2. The minimum absolute atomic E-state index is 0.318. The normalized spacial score (nSPS) is 10.9. The zero-order chi connectivity index (χ0) is 19.6. The molecule has 0 N–H and O–H groups in total. The molecule has 0 aliphatic heterocycles. The molecule has 0 unspecified atom stereocenters. The molecule has 140 valence electrons. The first-order chi connectivity index (χ1) is 12.9. The molecule has 2 aromatic carbocycles. The van der Waals surface area contributed by atoms with Crippen LogP contribution in [0.3, 0.4) is 0 Å². The summed E-state index contributed by atoms with van der Waals surface area (Å²) >= 11 is 6.19. The summed E-state index contributed by atoms with van der Waals surface area (Å²) in [6.07, 6.45) is 0. The highest BCUT2D eigenvalue weighted by Gasteiger charge is 2.22. The van der Waals surface area contributed by atoms with Crippen LogP contribution in [0.1, 0.15) is 39.7 Å². The van der Waals surface area contributed by atoms with Gasteiger partial charge in [0.1, 0.15) is 0 Å². The molecule has 1 heterocycles. The van der Waals surface area contributed by atoms with Crippen molar-refractivity contribution in [3.63, 3.8) is 0 Å². The fourth-order valence-corrected chi connectivity index (χ4v) is 3.20. The van der Waals surface area contributed by atoms with E-state index in [9.17, 15) is 4.79 Å². The maximum Gasteiger partial charge on any atom is 0.359 e. The second kappa shape index (κ2) is 7.97. The van der Waals surface area contributed by atoms with Gasteiger partial charge in [-0.15, -0.1) is 0 Å². The van der Waals surface area contributed by atoms with E-state index in [2.05, 4.69) is 36.3 Å². The van der Waals surface area contributed by atoms with Crippen molar-refractivity contribution < 1.29 is 9.53 Å². The third kappa shape index (κ3) is 4.06. The van der Waals surface area contributed by atoms with Crippen molar-refractivity contribution in [2.75, 3.05) is 6.61 Å². The summed E-state index contributed by atoms with van der Waals surface area (Å²) < 4.78 is 7.06. The lowest BCUT2D eigenvalue weighted by molar-refractivity contribution is 0.0517. The zero-order valence-corrected chi connectivity index (χ0v) is 16.8. The van der Waals surface area contributed by atoms with Crippen LogP contribution in [0.4, 0.5) is 0 Å². The van der Waals surface area contributed by atoms with Crippen LogP contribution in [0.2, 0.25) is 5.02 Å². The average molecular weight is 383 g/mol. The molecule has 0 fully saturated rings. The summed E-state index contributed by atoms with van der Waals surface area (Å²) in [5.41, 5.74) is 6.34. The maximum absolute atomic E-state index is 12.4. The van der Waals surface area contributed by atoms with Crippen LogP contribution in [0, 0.1) is 20.8 Å². The van der Waals surface area contributed by atoms with Crippen molar-refractivity contribution >= 4 is 17.6 Å². The molecule has 0 saturated carbocycles. The first-order valence-corrected chi connectivity index (χ1v) is 9.35. The first kappa shape index (κ1) is 19.2. The van der Waals surface area contributed by atoms with Gasteiger partial charge in [0.05, 0.1) is 18.8 Å². The molecule has 0 bridgehead atoms. The van der Waals surface area contributed by atoms with Gasteiger partial charge in [-0.05, 0) is 51.0 Å². The Kier molecular flexibility index (Phi) is 5.66. The fraction of sp³-hybridized carbons (Fsp3) is 0.273. The maximum atomic E-state index is 12.4. The Morgan fingerprint density at radius 1 is 1.11 bits per heavy atom. The Hall–Kier alpha value is -2.59. The van der Waals surface area contributed by atoms with Crippen molar-refractivity contribution in [2.24, 2.45) is 0 Å². The monoisotopic (exact) mass is 382 g/mol. The molecule has 0 radical (unpaired) electrons. The van der Waals surface area contributed by atoms with Gasteiger partial charge in [-0.1, -0.05) is 47.5 Å². The van der Waals surface area contributed by atoms with Gasteiger partial charge in [0.15, 0.2) is 5.69 Å². The summed E-state index contributed by atoms with van der Waals surface area (Å²) in [5.74, 6) is -0.399. The minimum Gasteiger partial charge on any atom is -0.461 e. The molecule has 0 saturated heterocycles. The summed E-state index contributed by atoms with van der Waals surface area (Å²) in [5, 5.41) is 5.30. The van der Waals surface area contributed by atoms with Crippen LogP contribution in [0.25, 0.3) is 11.3 Å². The van der Waals surface area contributed by atoms with Gasteiger partial charge in [0, 0.05) is 16.1 Å². The molecule has 0 aliphatic carbocycles. The van der Waals surface area contributed by atoms with E-state index >= 15 is 0 Å². The molecule has 5 heteroatoms. The third-order valence-electron chi connectivity index (χ3n) is 4.54. The number of carbonyl (C=O) groups is 1. The van der Waals surface area contributed by atoms with Crippen molar-refractivity contribution in [1.29, 1.82) is 0 Å². The summed E-state index contributed by atoms with van der Waals surface area (Å²) in [6.45, 7) is 8.61.